The number of pyridine rings is 1. The molecule has 0 bridgehead atoms. The zero-order chi connectivity index (χ0) is 24.8. The Hall–Kier alpha value is -2.86. The molecule has 6 nitrogen and oxygen atoms in total. The van der Waals surface area contributed by atoms with Crippen LogP contribution in [0.3, 0.4) is 0 Å². The van der Waals surface area contributed by atoms with Gasteiger partial charge in [-0.2, -0.15) is 0 Å². The van der Waals surface area contributed by atoms with Crippen molar-refractivity contribution in [3.63, 3.8) is 0 Å². The fourth-order valence-electron chi connectivity index (χ4n) is 4.96. The van der Waals surface area contributed by atoms with Gasteiger partial charge in [0.05, 0.1) is 11.3 Å². The lowest BCUT2D eigenvalue weighted by Crippen LogP contribution is -2.39. The second-order valence-electron chi connectivity index (χ2n) is 11.3. The van der Waals surface area contributed by atoms with E-state index in [1.54, 1.807) is 0 Å². The molecule has 0 saturated carbocycles. The average Bonchev–Trinajstić information content (AvgIpc) is 3.19. The molecular formula is C28H37N3O3. The maximum absolute atomic E-state index is 12.6. The first-order valence-electron chi connectivity index (χ1n) is 12.1. The highest BCUT2D eigenvalue weighted by atomic mass is 16.5. The first kappa shape index (κ1) is 24.3. The SMILES string of the molecule is Cc1nc(C)c(C(OC(C)(C)C)C(=O)O)c(N2CCC(C)(C)CC2)c1-c1ccc2cc[nH]c2c1. The number of aliphatic carboxylic acids is 1. The van der Waals surface area contributed by atoms with Crippen LogP contribution in [-0.4, -0.2) is 39.7 Å². The van der Waals surface area contributed by atoms with Crippen molar-refractivity contribution >= 4 is 22.6 Å². The number of anilines is 1. The summed E-state index contributed by atoms with van der Waals surface area (Å²) in [6, 6.07) is 8.40. The van der Waals surface area contributed by atoms with Gasteiger partial charge in [0.25, 0.3) is 0 Å². The summed E-state index contributed by atoms with van der Waals surface area (Å²) in [6.45, 7) is 15.9. The molecule has 34 heavy (non-hydrogen) atoms. The number of piperidine rings is 1. The monoisotopic (exact) mass is 463 g/mol. The topological polar surface area (TPSA) is 78.5 Å². The van der Waals surface area contributed by atoms with Crippen LogP contribution in [0.5, 0.6) is 0 Å². The van der Waals surface area contributed by atoms with Crippen molar-refractivity contribution in [3.05, 3.63) is 47.4 Å². The van der Waals surface area contributed by atoms with Crippen LogP contribution in [0.4, 0.5) is 5.69 Å². The molecule has 3 aromatic rings. The van der Waals surface area contributed by atoms with Crippen LogP contribution in [0.1, 0.15) is 70.5 Å². The molecule has 3 heterocycles. The van der Waals surface area contributed by atoms with Crippen molar-refractivity contribution in [1.29, 1.82) is 0 Å². The predicted molar refractivity (Wildman–Crippen MR) is 137 cm³/mol. The summed E-state index contributed by atoms with van der Waals surface area (Å²) >= 11 is 0. The number of H-pyrrole nitrogens is 1. The van der Waals surface area contributed by atoms with Gasteiger partial charge in [0, 0.05) is 47.3 Å². The molecule has 1 saturated heterocycles. The number of carboxylic acids is 1. The van der Waals surface area contributed by atoms with Gasteiger partial charge in [-0.15, -0.1) is 0 Å². The molecule has 0 radical (unpaired) electrons. The number of aromatic nitrogens is 2. The molecule has 4 rings (SSSR count). The number of nitrogens with zero attached hydrogens (tertiary/aromatic N) is 2. The molecule has 182 valence electrons. The Morgan fingerprint density at radius 3 is 2.44 bits per heavy atom. The molecule has 2 aromatic heterocycles. The zero-order valence-corrected chi connectivity index (χ0v) is 21.5. The quantitative estimate of drug-likeness (QED) is 0.457. The molecule has 0 spiro atoms. The van der Waals surface area contributed by atoms with Crippen molar-refractivity contribution in [3.8, 4) is 11.1 Å². The van der Waals surface area contributed by atoms with Gasteiger partial charge in [0.1, 0.15) is 0 Å². The number of rotatable bonds is 5. The third-order valence-electron chi connectivity index (χ3n) is 6.81. The van der Waals surface area contributed by atoms with E-state index in [2.05, 4.69) is 48.0 Å². The second-order valence-corrected chi connectivity index (χ2v) is 11.3. The molecule has 2 N–H and O–H groups in total. The first-order valence-corrected chi connectivity index (χ1v) is 12.1. The summed E-state index contributed by atoms with van der Waals surface area (Å²) in [7, 11) is 0. The Bertz CT molecular complexity index is 1210. The van der Waals surface area contributed by atoms with Crippen LogP contribution < -0.4 is 4.90 Å². The van der Waals surface area contributed by atoms with Crippen molar-refractivity contribution in [2.45, 2.75) is 73.0 Å². The second kappa shape index (κ2) is 8.73. The van der Waals surface area contributed by atoms with E-state index in [1.165, 1.54) is 0 Å². The van der Waals surface area contributed by atoms with E-state index in [0.717, 1.165) is 59.3 Å². The largest absolute Gasteiger partial charge is 0.479 e. The third-order valence-corrected chi connectivity index (χ3v) is 6.81. The van der Waals surface area contributed by atoms with Crippen molar-refractivity contribution in [2.24, 2.45) is 5.41 Å². The van der Waals surface area contributed by atoms with Gasteiger partial charge in [0.2, 0.25) is 0 Å². The smallest absolute Gasteiger partial charge is 0.337 e. The Kier molecular flexibility index (Phi) is 6.23. The zero-order valence-electron chi connectivity index (χ0n) is 21.5. The van der Waals surface area contributed by atoms with Gasteiger partial charge in [-0.3, -0.25) is 4.98 Å². The van der Waals surface area contributed by atoms with Crippen LogP contribution in [0.25, 0.3) is 22.0 Å². The molecule has 1 fully saturated rings. The highest BCUT2D eigenvalue weighted by Gasteiger charge is 2.36. The minimum absolute atomic E-state index is 0.269. The maximum Gasteiger partial charge on any atom is 0.337 e. The number of aromatic amines is 1. The van der Waals surface area contributed by atoms with Gasteiger partial charge in [-0.05, 0) is 76.0 Å². The van der Waals surface area contributed by atoms with Gasteiger partial charge in [-0.25, -0.2) is 4.79 Å². The number of nitrogens with one attached hydrogen (secondary N) is 1. The molecule has 6 heteroatoms. The van der Waals surface area contributed by atoms with E-state index in [0.29, 0.717) is 11.3 Å². The molecule has 1 aliphatic rings. The highest BCUT2D eigenvalue weighted by molar-refractivity contribution is 5.92. The van der Waals surface area contributed by atoms with E-state index in [9.17, 15) is 9.90 Å². The highest BCUT2D eigenvalue weighted by Crippen LogP contribution is 2.45. The third kappa shape index (κ3) is 4.83. The van der Waals surface area contributed by atoms with Crippen LogP contribution >= 0.6 is 0 Å². The molecule has 0 amide bonds. The van der Waals surface area contributed by atoms with E-state index >= 15 is 0 Å². The van der Waals surface area contributed by atoms with Crippen LogP contribution in [-0.2, 0) is 9.53 Å². The summed E-state index contributed by atoms with van der Waals surface area (Å²) in [4.78, 5) is 23.1. The standard InChI is InChI=1S/C28H37N3O3/c1-17-22(20-9-8-19-10-13-29-21(19)16-20)24(31-14-11-28(6,7)12-15-31)23(18(2)30-17)25(26(32)33)34-27(3,4)5/h8-10,13,16,25,29H,11-12,14-15H2,1-7H3,(H,32,33). The Morgan fingerprint density at radius 1 is 1.15 bits per heavy atom. The normalized spacial score (nSPS) is 17.2. The Labute approximate surface area is 202 Å². The van der Waals surface area contributed by atoms with Crippen LogP contribution in [0.15, 0.2) is 30.5 Å². The van der Waals surface area contributed by atoms with E-state index < -0.39 is 17.7 Å². The maximum atomic E-state index is 12.6. The Balaban J connectivity index is 1.98. The summed E-state index contributed by atoms with van der Waals surface area (Å²) < 4.78 is 6.15. The molecular weight excluding hydrogens is 426 g/mol. The molecule has 1 aromatic carbocycles. The summed E-state index contributed by atoms with van der Waals surface area (Å²) in [6.07, 6.45) is 2.91. The van der Waals surface area contributed by atoms with Gasteiger partial charge < -0.3 is 19.7 Å². The first-order chi connectivity index (χ1) is 15.9. The number of fused-ring (bicyclic) bond motifs is 1. The van der Waals surface area contributed by atoms with Gasteiger partial charge in [0.15, 0.2) is 6.10 Å². The molecule has 1 atom stereocenters. The summed E-state index contributed by atoms with van der Waals surface area (Å²) in [5.74, 6) is -0.993. The number of hydrogen-bond acceptors (Lipinski definition) is 4. The van der Waals surface area contributed by atoms with Crippen LogP contribution in [0.2, 0.25) is 0 Å². The van der Waals surface area contributed by atoms with Crippen LogP contribution in [0, 0.1) is 19.3 Å². The molecule has 1 aliphatic heterocycles. The molecule has 1 unspecified atom stereocenters. The molecule has 0 aliphatic carbocycles. The fraction of sp³-hybridized carbons (Fsp3) is 0.500. The fourth-order valence-corrected chi connectivity index (χ4v) is 4.96. The lowest BCUT2D eigenvalue weighted by Gasteiger charge is -2.41. The minimum atomic E-state index is -1.11. The summed E-state index contributed by atoms with van der Waals surface area (Å²) in [5, 5.41) is 11.4. The number of carbonyl (C=O) groups is 1. The van der Waals surface area contributed by atoms with E-state index in [1.807, 2.05) is 40.8 Å². The minimum Gasteiger partial charge on any atom is -0.479 e. The lowest BCUT2D eigenvalue weighted by molar-refractivity contribution is -0.160. The summed E-state index contributed by atoms with van der Waals surface area (Å²) in [5.41, 5.74) is 5.92. The van der Waals surface area contributed by atoms with Crippen molar-refractivity contribution < 1.29 is 14.6 Å². The predicted octanol–water partition coefficient (Wildman–Crippen LogP) is 6.41. The number of aryl methyl sites for hydroxylation is 2. The number of hydrogen-bond donors (Lipinski definition) is 2. The Morgan fingerprint density at radius 2 is 1.82 bits per heavy atom. The number of ether oxygens (including phenoxy) is 1. The number of carboxylic acid groups (broad SMARTS) is 1. The van der Waals surface area contributed by atoms with E-state index in [-0.39, 0.29) is 5.41 Å². The number of benzene rings is 1. The van der Waals surface area contributed by atoms with E-state index in [4.69, 9.17) is 9.72 Å². The van der Waals surface area contributed by atoms with Gasteiger partial charge >= 0.3 is 5.97 Å². The van der Waals surface area contributed by atoms with Crippen molar-refractivity contribution in [2.75, 3.05) is 18.0 Å². The average molecular weight is 464 g/mol. The lowest BCUT2D eigenvalue weighted by atomic mass is 9.81. The van der Waals surface area contributed by atoms with Gasteiger partial charge in [-0.1, -0.05) is 26.0 Å². The van der Waals surface area contributed by atoms with Crippen molar-refractivity contribution in [1.82, 2.24) is 9.97 Å².